The highest BCUT2D eigenvalue weighted by atomic mass is 16.3. The van der Waals surface area contributed by atoms with E-state index in [9.17, 15) is 0 Å². The molecular formula is C11H11NO2. The normalized spacial score (nSPS) is 10.4. The van der Waals surface area contributed by atoms with Crippen LogP contribution in [-0.4, -0.2) is 14.8 Å². The Morgan fingerprint density at radius 3 is 2.43 bits per heavy atom. The van der Waals surface area contributed by atoms with E-state index in [4.69, 9.17) is 10.2 Å². The lowest BCUT2D eigenvalue weighted by atomic mass is 10.3. The van der Waals surface area contributed by atoms with Gasteiger partial charge in [0.15, 0.2) is 0 Å². The van der Waals surface area contributed by atoms with Crippen molar-refractivity contribution in [3.63, 3.8) is 0 Å². The zero-order chi connectivity index (χ0) is 9.97. The van der Waals surface area contributed by atoms with Gasteiger partial charge in [-0.2, -0.15) is 0 Å². The first-order valence-electron chi connectivity index (χ1n) is 4.38. The maximum atomic E-state index is 9.12. The van der Waals surface area contributed by atoms with Crippen LogP contribution < -0.4 is 0 Å². The van der Waals surface area contributed by atoms with Crippen LogP contribution in [0.4, 0.5) is 0 Å². The van der Waals surface area contributed by atoms with Gasteiger partial charge in [-0.1, -0.05) is 0 Å². The van der Waals surface area contributed by atoms with Gasteiger partial charge in [-0.25, -0.2) is 0 Å². The third-order valence-electron chi connectivity index (χ3n) is 2.12. The molecule has 3 heteroatoms. The SMILES string of the molecule is OCc1cccn1-c1ccc(O)cc1. The highest BCUT2D eigenvalue weighted by molar-refractivity contribution is 5.38. The monoisotopic (exact) mass is 189 g/mol. The molecule has 0 spiro atoms. The zero-order valence-electron chi connectivity index (χ0n) is 7.59. The molecule has 0 atom stereocenters. The van der Waals surface area contributed by atoms with Gasteiger partial charge in [-0.05, 0) is 36.4 Å². The second-order valence-electron chi connectivity index (χ2n) is 3.04. The van der Waals surface area contributed by atoms with Crippen LogP contribution in [0, 0.1) is 0 Å². The number of hydrogen-bond donors (Lipinski definition) is 2. The van der Waals surface area contributed by atoms with E-state index in [2.05, 4.69) is 0 Å². The minimum absolute atomic E-state index is 0.00781. The largest absolute Gasteiger partial charge is 0.508 e. The third-order valence-corrected chi connectivity index (χ3v) is 2.12. The van der Waals surface area contributed by atoms with Crippen molar-refractivity contribution in [3.8, 4) is 11.4 Å². The summed E-state index contributed by atoms with van der Waals surface area (Å²) in [7, 11) is 0. The summed E-state index contributed by atoms with van der Waals surface area (Å²) in [6.45, 7) is 0.00781. The molecule has 0 aliphatic heterocycles. The number of rotatable bonds is 2. The molecule has 0 aliphatic carbocycles. The van der Waals surface area contributed by atoms with Gasteiger partial charge in [-0.3, -0.25) is 0 Å². The summed E-state index contributed by atoms with van der Waals surface area (Å²) < 4.78 is 1.87. The minimum Gasteiger partial charge on any atom is -0.508 e. The van der Waals surface area contributed by atoms with E-state index in [-0.39, 0.29) is 12.4 Å². The van der Waals surface area contributed by atoms with Gasteiger partial charge in [0.2, 0.25) is 0 Å². The van der Waals surface area contributed by atoms with Crippen LogP contribution in [-0.2, 0) is 6.61 Å². The molecule has 2 aromatic rings. The van der Waals surface area contributed by atoms with Gasteiger partial charge in [0.25, 0.3) is 0 Å². The predicted octanol–water partition coefficient (Wildman–Crippen LogP) is 1.68. The maximum absolute atomic E-state index is 9.12. The van der Waals surface area contributed by atoms with Crippen LogP contribution in [0.2, 0.25) is 0 Å². The second-order valence-corrected chi connectivity index (χ2v) is 3.04. The van der Waals surface area contributed by atoms with Gasteiger partial charge in [-0.15, -0.1) is 0 Å². The summed E-state index contributed by atoms with van der Waals surface area (Å²) in [5.74, 6) is 0.242. The summed E-state index contributed by atoms with van der Waals surface area (Å²) in [4.78, 5) is 0. The van der Waals surface area contributed by atoms with Crippen molar-refractivity contribution in [2.45, 2.75) is 6.61 Å². The van der Waals surface area contributed by atoms with Gasteiger partial charge in [0.1, 0.15) is 5.75 Å². The van der Waals surface area contributed by atoms with Crippen molar-refractivity contribution in [2.24, 2.45) is 0 Å². The van der Waals surface area contributed by atoms with E-state index >= 15 is 0 Å². The first-order chi connectivity index (χ1) is 6.81. The number of aliphatic hydroxyl groups excluding tert-OH is 1. The van der Waals surface area contributed by atoms with Crippen molar-refractivity contribution >= 4 is 0 Å². The molecule has 0 amide bonds. The van der Waals surface area contributed by atoms with Crippen LogP contribution in [0.3, 0.4) is 0 Å². The molecule has 0 saturated heterocycles. The molecule has 1 aromatic heterocycles. The predicted molar refractivity (Wildman–Crippen MR) is 53.4 cm³/mol. The number of aliphatic hydroxyl groups is 1. The van der Waals surface area contributed by atoms with E-state index in [0.717, 1.165) is 11.4 Å². The lowest BCUT2D eigenvalue weighted by Crippen LogP contribution is -1.97. The Morgan fingerprint density at radius 1 is 1.07 bits per heavy atom. The van der Waals surface area contributed by atoms with Crippen molar-refractivity contribution in [1.82, 2.24) is 4.57 Å². The van der Waals surface area contributed by atoms with Crippen LogP contribution >= 0.6 is 0 Å². The summed E-state index contributed by atoms with van der Waals surface area (Å²) in [5, 5.41) is 18.2. The molecule has 0 bridgehead atoms. The van der Waals surface area contributed by atoms with Crippen LogP contribution in [0.25, 0.3) is 5.69 Å². The summed E-state index contributed by atoms with van der Waals surface area (Å²) in [6.07, 6.45) is 1.87. The van der Waals surface area contributed by atoms with E-state index in [0.29, 0.717) is 0 Å². The fourth-order valence-corrected chi connectivity index (χ4v) is 1.41. The number of phenolic OH excluding ortho intramolecular Hbond substituents is 1. The summed E-state index contributed by atoms with van der Waals surface area (Å²) >= 11 is 0. The highest BCUT2D eigenvalue weighted by Crippen LogP contribution is 2.16. The second kappa shape index (κ2) is 3.55. The smallest absolute Gasteiger partial charge is 0.115 e. The van der Waals surface area contributed by atoms with Crippen LogP contribution in [0.1, 0.15) is 5.69 Å². The lowest BCUT2D eigenvalue weighted by Gasteiger charge is -2.06. The van der Waals surface area contributed by atoms with Crippen molar-refractivity contribution in [2.75, 3.05) is 0 Å². The molecular weight excluding hydrogens is 178 g/mol. The lowest BCUT2D eigenvalue weighted by molar-refractivity contribution is 0.274. The van der Waals surface area contributed by atoms with E-state index in [1.165, 1.54) is 0 Å². The fourth-order valence-electron chi connectivity index (χ4n) is 1.41. The Bertz CT molecular complexity index is 417. The zero-order valence-corrected chi connectivity index (χ0v) is 7.59. The van der Waals surface area contributed by atoms with Gasteiger partial charge < -0.3 is 14.8 Å². The Hall–Kier alpha value is -1.74. The Morgan fingerprint density at radius 2 is 1.79 bits per heavy atom. The molecule has 2 rings (SSSR count). The van der Waals surface area contributed by atoms with Gasteiger partial charge in [0, 0.05) is 17.6 Å². The number of benzene rings is 1. The number of phenols is 1. The van der Waals surface area contributed by atoms with E-state index < -0.39 is 0 Å². The molecule has 0 unspecified atom stereocenters. The molecule has 0 fully saturated rings. The summed E-state index contributed by atoms with van der Waals surface area (Å²) in [5.41, 5.74) is 1.76. The minimum atomic E-state index is 0.00781. The molecule has 0 aliphatic rings. The standard InChI is InChI=1S/C11H11NO2/c13-8-10-2-1-7-12(10)9-3-5-11(14)6-4-9/h1-7,13-14H,8H2. The van der Waals surface area contributed by atoms with Gasteiger partial charge in [0.05, 0.1) is 6.61 Å². The average Bonchev–Trinajstić information content (AvgIpc) is 2.67. The first kappa shape index (κ1) is 8.84. The first-order valence-corrected chi connectivity index (χ1v) is 4.38. The van der Waals surface area contributed by atoms with Crippen molar-refractivity contribution < 1.29 is 10.2 Å². The quantitative estimate of drug-likeness (QED) is 0.754. The van der Waals surface area contributed by atoms with Crippen LogP contribution in [0.5, 0.6) is 5.75 Å². The Labute approximate surface area is 81.9 Å². The number of hydrogen-bond acceptors (Lipinski definition) is 2. The van der Waals surface area contributed by atoms with E-state index in [1.54, 1.807) is 24.3 Å². The van der Waals surface area contributed by atoms with Crippen molar-refractivity contribution in [3.05, 3.63) is 48.3 Å². The topological polar surface area (TPSA) is 45.4 Å². The van der Waals surface area contributed by atoms with Gasteiger partial charge >= 0.3 is 0 Å². The molecule has 0 radical (unpaired) electrons. The fraction of sp³-hybridized carbons (Fsp3) is 0.0909. The average molecular weight is 189 g/mol. The third kappa shape index (κ3) is 1.49. The molecule has 72 valence electrons. The van der Waals surface area contributed by atoms with E-state index in [1.807, 2.05) is 22.9 Å². The molecule has 0 saturated carbocycles. The Balaban J connectivity index is 2.44. The molecule has 1 heterocycles. The molecule has 3 nitrogen and oxygen atoms in total. The molecule has 1 aromatic carbocycles. The highest BCUT2D eigenvalue weighted by Gasteiger charge is 2.01. The maximum Gasteiger partial charge on any atom is 0.115 e. The Kier molecular flexibility index (Phi) is 2.24. The van der Waals surface area contributed by atoms with Crippen LogP contribution in [0.15, 0.2) is 42.6 Å². The number of aromatic nitrogens is 1. The number of aromatic hydroxyl groups is 1. The molecule has 2 N–H and O–H groups in total. The van der Waals surface area contributed by atoms with Crippen molar-refractivity contribution in [1.29, 1.82) is 0 Å². The molecule has 14 heavy (non-hydrogen) atoms. The number of nitrogens with zero attached hydrogens (tertiary/aromatic N) is 1. The summed E-state index contributed by atoms with van der Waals surface area (Å²) in [6, 6.07) is 10.6.